The zero-order valence-electron chi connectivity index (χ0n) is 10.3. The van der Waals surface area contributed by atoms with Gasteiger partial charge in [-0.25, -0.2) is 4.98 Å². The predicted molar refractivity (Wildman–Crippen MR) is 68.4 cm³/mol. The van der Waals surface area contributed by atoms with Crippen molar-refractivity contribution >= 4 is 12.1 Å². The van der Waals surface area contributed by atoms with Gasteiger partial charge >= 0.3 is 6.18 Å². The highest BCUT2D eigenvalue weighted by atomic mass is 19.4. The van der Waals surface area contributed by atoms with Crippen molar-refractivity contribution in [3.63, 3.8) is 0 Å². The molecule has 0 fully saturated rings. The fourth-order valence-electron chi connectivity index (χ4n) is 1.62. The van der Waals surface area contributed by atoms with Gasteiger partial charge in [-0.05, 0) is 29.8 Å². The summed E-state index contributed by atoms with van der Waals surface area (Å²) in [5, 5.41) is 2.94. The number of aldehydes is 1. The number of benzene rings is 1. The summed E-state index contributed by atoms with van der Waals surface area (Å²) in [6.07, 6.45) is -2.14. The van der Waals surface area contributed by atoms with Crippen LogP contribution >= 0.6 is 0 Å². The van der Waals surface area contributed by atoms with Crippen LogP contribution in [0.2, 0.25) is 0 Å². The summed E-state index contributed by atoms with van der Waals surface area (Å²) in [5.41, 5.74) is 0.494. The third-order valence-electron chi connectivity index (χ3n) is 2.67. The first-order chi connectivity index (χ1) is 9.49. The van der Waals surface area contributed by atoms with Gasteiger partial charge in [0.2, 0.25) is 0 Å². The minimum atomic E-state index is -4.33. The molecule has 2 rings (SSSR count). The molecule has 0 aliphatic heterocycles. The standard InChI is InChI=1S/C14H11F3N2O/c15-14(16,17)12-3-1-10(2-4-12)8-19-13-7-11(9-20)5-6-18-13/h1-7,9H,8H2,(H,18,19). The Morgan fingerprint density at radius 1 is 1.15 bits per heavy atom. The lowest BCUT2D eigenvalue weighted by Crippen LogP contribution is -2.06. The number of hydrogen-bond donors (Lipinski definition) is 1. The Kier molecular flexibility index (Phi) is 4.02. The number of hydrogen-bond acceptors (Lipinski definition) is 3. The Morgan fingerprint density at radius 2 is 1.85 bits per heavy atom. The summed E-state index contributed by atoms with van der Waals surface area (Å²) in [6, 6.07) is 8.00. The predicted octanol–water partition coefficient (Wildman–Crippen LogP) is 3.53. The Bertz CT molecular complexity index is 594. The van der Waals surface area contributed by atoms with Gasteiger partial charge in [0, 0.05) is 18.3 Å². The molecular formula is C14H11F3N2O. The Hall–Kier alpha value is -2.37. The average Bonchev–Trinajstić information content (AvgIpc) is 2.45. The van der Waals surface area contributed by atoms with E-state index in [2.05, 4.69) is 10.3 Å². The molecular weight excluding hydrogens is 269 g/mol. The second-order valence-electron chi connectivity index (χ2n) is 4.14. The number of anilines is 1. The number of carbonyl (C=O) groups excluding carboxylic acids is 1. The molecule has 0 spiro atoms. The summed E-state index contributed by atoms with van der Waals surface area (Å²) in [7, 11) is 0. The van der Waals surface area contributed by atoms with Crippen molar-refractivity contribution in [1.29, 1.82) is 0 Å². The van der Waals surface area contributed by atoms with E-state index in [0.29, 0.717) is 29.8 Å². The Morgan fingerprint density at radius 3 is 2.45 bits per heavy atom. The van der Waals surface area contributed by atoms with Crippen LogP contribution in [0.5, 0.6) is 0 Å². The van der Waals surface area contributed by atoms with Gasteiger partial charge in [0.25, 0.3) is 0 Å². The zero-order valence-corrected chi connectivity index (χ0v) is 10.3. The highest BCUT2D eigenvalue weighted by molar-refractivity contribution is 5.75. The third-order valence-corrected chi connectivity index (χ3v) is 2.67. The van der Waals surface area contributed by atoms with Crippen molar-refractivity contribution in [2.24, 2.45) is 0 Å². The molecule has 0 amide bonds. The lowest BCUT2D eigenvalue weighted by Gasteiger charge is -2.09. The first-order valence-corrected chi connectivity index (χ1v) is 5.80. The molecule has 6 heteroatoms. The maximum Gasteiger partial charge on any atom is 0.416 e. The van der Waals surface area contributed by atoms with E-state index < -0.39 is 11.7 Å². The Balaban J connectivity index is 2.02. The van der Waals surface area contributed by atoms with Gasteiger partial charge in [-0.3, -0.25) is 4.79 Å². The molecule has 104 valence electrons. The van der Waals surface area contributed by atoms with Crippen LogP contribution in [0.15, 0.2) is 42.6 Å². The van der Waals surface area contributed by atoms with Gasteiger partial charge in [-0.2, -0.15) is 13.2 Å². The number of aromatic nitrogens is 1. The van der Waals surface area contributed by atoms with Crippen LogP contribution in [0.3, 0.4) is 0 Å². The molecule has 0 saturated heterocycles. The molecule has 20 heavy (non-hydrogen) atoms. The zero-order chi connectivity index (χ0) is 14.6. The minimum absolute atomic E-state index is 0.327. The average molecular weight is 280 g/mol. The highest BCUT2D eigenvalue weighted by Crippen LogP contribution is 2.29. The van der Waals surface area contributed by atoms with Crippen molar-refractivity contribution in [1.82, 2.24) is 4.98 Å². The molecule has 0 radical (unpaired) electrons. The van der Waals surface area contributed by atoms with Crippen molar-refractivity contribution in [3.8, 4) is 0 Å². The summed E-state index contributed by atoms with van der Waals surface area (Å²) >= 11 is 0. The molecule has 1 heterocycles. The fourth-order valence-corrected chi connectivity index (χ4v) is 1.62. The second-order valence-corrected chi connectivity index (χ2v) is 4.14. The van der Waals surface area contributed by atoms with Gasteiger partial charge in [0.15, 0.2) is 0 Å². The number of pyridine rings is 1. The van der Waals surface area contributed by atoms with Crippen LogP contribution in [-0.2, 0) is 12.7 Å². The third kappa shape index (κ3) is 3.57. The monoisotopic (exact) mass is 280 g/mol. The van der Waals surface area contributed by atoms with Gasteiger partial charge in [-0.1, -0.05) is 12.1 Å². The number of rotatable bonds is 4. The van der Waals surface area contributed by atoms with Crippen LogP contribution in [0.4, 0.5) is 19.0 Å². The van der Waals surface area contributed by atoms with E-state index in [4.69, 9.17) is 0 Å². The molecule has 1 aromatic heterocycles. The number of halogens is 3. The van der Waals surface area contributed by atoms with Crippen LogP contribution in [0.1, 0.15) is 21.5 Å². The fraction of sp³-hybridized carbons (Fsp3) is 0.143. The number of alkyl halides is 3. The number of nitrogens with zero attached hydrogens (tertiary/aromatic N) is 1. The Labute approximate surface area is 113 Å². The van der Waals surface area contributed by atoms with E-state index in [9.17, 15) is 18.0 Å². The smallest absolute Gasteiger partial charge is 0.366 e. The van der Waals surface area contributed by atoms with Gasteiger partial charge in [0.05, 0.1) is 5.56 Å². The minimum Gasteiger partial charge on any atom is -0.366 e. The molecule has 0 bridgehead atoms. The quantitative estimate of drug-likeness (QED) is 0.871. The molecule has 0 aliphatic carbocycles. The van der Waals surface area contributed by atoms with E-state index in [-0.39, 0.29) is 0 Å². The SMILES string of the molecule is O=Cc1ccnc(NCc2ccc(C(F)(F)F)cc2)c1. The maximum atomic E-state index is 12.4. The van der Waals surface area contributed by atoms with Crippen molar-refractivity contribution < 1.29 is 18.0 Å². The molecule has 2 aromatic rings. The topological polar surface area (TPSA) is 42.0 Å². The van der Waals surface area contributed by atoms with E-state index in [1.165, 1.54) is 18.3 Å². The van der Waals surface area contributed by atoms with Crippen LogP contribution in [0.25, 0.3) is 0 Å². The molecule has 0 saturated carbocycles. The van der Waals surface area contributed by atoms with Gasteiger partial charge in [-0.15, -0.1) is 0 Å². The summed E-state index contributed by atoms with van der Waals surface area (Å²) in [4.78, 5) is 14.6. The molecule has 0 unspecified atom stereocenters. The largest absolute Gasteiger partial charge is 0.416 e. The summed E-state index contributed by atoms with van der Waals surface area (Å²) in [6.45, 7) is 0.327. The van der Waals surface area contributed by atoms with Gasteiger partial charge < -0.3 is 5.32 Å². The van der Waals surface area contributed by atoms with E-state index >= 15 is 0 Å². The van der Waals surface area contributed by atoms with Crippen molar-refractivity contribution in [3.05, 3.63) is 59.3 Å². The molecule has 0 aliphatic rings. The van der Waals surface area contributed by atoms with Crippen molar-refractivity contribution in [2.45, 2.75) is 12.7 Å². The van der Waals surface area contributed by atoms with Crippen molar-refractivity contribution in [2.75, 3.05) is 5.32 Å². The number of carbonyl (C=O) groups is 1. The van der Waals surface area contributed by atoms with Crippen LogP contribution < -0.4 is 5.32 Å². The summed E-state index contributed by atoms with van der Waals surface area (Å²) < 4.78 is 37.2. The van der Waals surface area contributed by atoms with Crippen LogP contribution in [0, 0.1) is 0 Å². The lowest BCUT2D eigenvalue weighted by atomic mass is 10.1. The lowest BCUT2D eigenvalue weighted by molar-refractivity contribution is -0.137. The first kappa shape index (κ1) is 14.0. The highest BCUT2D eigenvalue weighted by Gasteiger charge is 2.29. The van der Waals surface area contributed by atoms with E-state index in [1.54, 1.807) is 12.1 Å². The molecule has 1 N–H and O–H groups in total. The second kappa shape index (κ2) is 5.73. The van der Waals surface area contributed by atoms with E-state index in [0.717, 1.165) is 12.1 Å². The molecule has 3 nitrogen and oxygen atoms in total. The molecule has 1 aromatic carbocycles. The summed E-state index contributed by atoms with van der Waals surface area (Å²) in [5.74, 6) is 0.495. The van der Waals surface area contributed by atoms with E-state index in [1.807, 2.05) is 0 Å². The van der Waals surface area contributed by atoms with Crippen LogP contribution in [-0.4, -0.2) is 11.3 Å². The normalized spacial score (nSPS) is 11.2. The first-order valence-electron chi connectivity index (χ1n) is 5.80. The molecule has 0 atom stereocenters. The van der Waals surface area contributed by atoms with Gasteiger partial charge in [0.1, 0.15) is 12.1 Å². The maximum absolute atomic E-state index is 12.4. The number of nitrogens with one attached hydrogen (secondary N) is 1.